The van der Waals surface area contributed by atoms with Crippen LogP contribution in [-0.4, -0.2) is 36.5 Å². The Morgan fingerprint density at radius 2 is 1.87 bits per heavy atom. The van der Waals surface area contributed by atoms with Crippen LogP contribution in [0.2, 0.25) is 5.02 Å². The highest BCUT2D eigenvalue weighted by molar-refractivity contribution is 7.92. The number of hydrogen-bond donors (Lipinski definition) is 1. The first-order valence-corrected chi connectivity index (χ1v) is 13.2. The van der Waals surface area contributed by atoms with E-state index in [1.54, 1.807) is 6.07 Å². The van der Waals surface area contributed by atoms with Gasteiger partial charge in [0.2, 0.25) is 0 Å². The van der Waals surface area contributed by atoms with Gasteiger partial charge in [0.15, 0.2) is 5.82 Å². The van der Waals surface area contributed by atoms with Crippen LogP contribution in [0.25, 0.3) is 16.6 Å². The summed E-state index contributed by atoms with van der Waals surface area (Å²) in [6.45, 7) is 0. The SMILES string of the molecule is COc1cc(C2CC(C(F)(F)F)C2)c(Cl)cc1-n1c(=O)ccc2cc(S(=O)(=O)Nc3cccnn3)ccc21. The summed E-state index contributed by atoms with van der Waals surface area (Å²) < 4.78 is 73.9. The third-order valence-corrected chi connectivity index (χ3v) is 8.25. The molecular formula is C25H20ClF3N4O4S. The second-order valence-corrected chi connectivity index (χ2v) is 11.0. The lowest BCUT2D eigenvalue weighted by Gasteiger charge is -2.37. The van der Waals surface area contributed by atoms with Crippen molar-refractivity contribution in [1.82, 2.24) is 14.8 Å². The van der Waals surface area contributed by atoms with Crippen molar-refractivity contribution in [2.24, 2.45) is 5.92 Å². The average Bonchev–Trinajstić information content (AvgIpc) is 2.83. The molecule has 2 aromatic heterocycles. The van der Waals surface area contributed by atoms with E-state index in [9.17, 15) is 26.4 Å². The van der Waals surface area contributed by atoms with Crippen molar-refractivity contribution in [2.75, 3.05) is 11.8 Å². The standard InChI is InChI=1S/C25H20ClF3N4O4S/c1-37-22-12-18(15-9-16(10-15)25(27,28)29)19(26)13-21(22)33-20-6-5-17(11-14(20)4-7-24(33)34)38(35,36)32-23-3-2-8-30-31-23/h2-8,11-13,15-16H,9-10H2,1H3,(H,31,32). The summed E-state index contributed by atoms with van der Waals surface area (Å²) in [6, 6.07) is 13.0. The van der Waals surface area contributed by atoms with Crippen LogP contribution in [0.1, 0.15) is 24.3 Å². The largest absolute Gasteiger partial charge is 0.495 e. The van der Waals surface area contributed by atoms with E-state index in [-0.39, 0.29) is 45.9 Å². The number of nitrogens with one attached hydrogen (secondary N) is 1. The Labute approximate surface area is 220 Å². The molecule has 0 radical (unpaired) electrons. The second kappa shape index (κ2) is 9.59. The maximum Gasteiger partial charge on any atom is 0.391 e. The van der Waals surface area contributed by atoms with Crippen LogP contribution in [0, 0.1) is 5.92 Å². The first kappa shape index (κ1) is 26.0. The number of benzene rings is 2. The zero-order valence-electron chi connectivity index (χ0n) is 19.7. The molecule has 13 heteroatoms. The summed E-state index contributed by atoms with van der Waals surface area (Å²) in [7, 11) is -2.62. The van der Waals surface area contributed by atoms with Crippen molar-refractivity contribution < 1.29 is 26.3 Å². The molecule has 1 aliphatic rings. The van der Waals surface area contributed by atoms with Crippen LogP contribution in [-0.2, 0) is 10.0 Å². The molecule has 5 rings (SSSR count). The number of hydrogen-bond acceptors (Lipinski definition) is 6. The Balaban J connectivity index is 1.54. The minimum absolute atomic E-state index is 0.0463. The fourth-order valence-electron chi connectivity index (χ4n) is 4.54. The first-order chi connectivity index (χ1) is 18.0. The van der Waals surface area contributed by atoms with E-state index in [1.807, 2.05) is 0 Å². The molecule has 2 heterocycles. The molecule has 0 spiro atoms. The Morgan fingerprint density at radius 3 is 2.53 bits per heavy atom. The van der Waals surface area contributed by atoms with Crippen LogP contribution < -0.4 is 15.0 Å². The zero-order chi connectivity index (χ0) is 27.2. The molecule has 2 aromatic carbocycles. The Morgan fingerprint density at radius 1 is 1.11 bits per heavy atom. The summed E-state index contributed by atoms with van der Waals surface area (Å²) in [6.07, 6.45) is -2.98. The van der Waals surface area contributed by atoms with Gasteiger partial charge in [0.05, 0.1) is 29.1 Å². The number of fused-ring (bicyclic) bond motifs is 1. The molecule has 0 amide bonds. The smallest absolute Gasteiger partial charge is 0.391 e. The topological polar surface area (TPSA) is 103 Å². The molecule has 1 aliphatic carbocycles. The van der Waals surface area contributed by atoms with Gasteiger partial charge in [0.1, 0.15) is 5.75 Å². The molecule has 38 heavy (non-hydrogen) atoms. The molecule has 0 unspecified atom stereocenters. The predicted octanol–water partition coefficient (Wildman–Crippen LogP) is 5.30. The highest BCUT2D eigenvalue weighted by Gasteiger charge is 2.48. The van der Waals surface area contributed by atoms with Crippen molar-refractivity contribution in [3.8, 4) is 11.4 Å². The van der Waals surface area contributed by atoms with Crippen molar-refractivity contribution >= 4 is 38.3 Å². The van der Waals surface area contributed by atoms with Gasteiger partial charge in [-0.2, -0.15) is 18.3 Å². The van der Waals surface area contributed by atoms with Gasteiger partial charge in [-0.3, -0.25) is 14.1 Å². The molecule has 8 nitrogen and oxygen atoms in total. The first-order valence-electron chi connectivity index (χ1n) is 11.4. The van der Waals surface area contributed by atoms with Crippen molar-refractivity contribution in [3.63, 3.8) is 0 Å². The maximum atomic E-state index is 13.0. The summed E-state index contributed by atoms with van der Waals surface area (Å²) in [4.78, 5) is 12.9. The minimum Gasteiger partial charge on any atom is -0.495 e. The monoisotopic (exact) mass is 564 g/mol. The molecule has 1 fully saturated rings. The Kier molecular flexibility index (Phi) is 6.56. The zero-order valence-corrected chi connectivity index (χ0v) is 21.3. The van der Waals surface area contributed by atoms with E-state index in [0.29, 0.717) is 16.5 Å². The number of rotatable bonds is 6. The lowest BCUT2D eigenvalue weighted by atomic mass is 9.71. The van der Waals surface area contributed by atoms with Crippen molar-refractivity contribution in [3.05, 3.63) is 81.7 Å². The number of halogens is 4. The third kappa shape index (κ3) is 4.81. The molecular weight excluding hydrogens is 545 g/mol. The fourth-order valence-corrected chi connectivity index (χ4v) is 5.88. The van der Waals surface area contributed by atoms with Gasteiger partial charge in [-0.05, 0) is 72.9 Å². The molecule has 198 valence electrons. The summed E-state index contributed by atoms with van der Waals surface area (Å²) in [5.74, 6) is -1.46. The number of alkyl halides is 3. The van der Waals surface area contributed by atoms with Gasteiger partial charge in [-0.1, -0.05) is 11.6 Å². The predicted molar refractivity (Wildman–Crippen MR) is 135 cm³/mol. The highest BCUT2D eigenvalue weighted by Crippen LogP contribution is 2.51. The van der Waals surface area contributed by atoms with Crippen LogP contribution in [0.5, 0.6) is 5.75 Å². The highest BCUT2D eigenvalue weighted by atomic mass is 35.5. The molecule has 1 saturated carbocycles. The quantitative estimate of drug-likeness (QED) is 0.341. The fraction of sp³-hybridized carbons (Fsp3) is 0.240. The second-order valence-electron chi connectivity index (χ2n) is 8.89. The number of ether oxygens (including phenoxy) is 1. The Bertz CT molecular complexity index is 1690. The van der Waals surface area contributed by atoms with E-state index in [0.717, 1.165) is 0 Å². The number of aromatic nitrogens is 3. The van der Waals surface area contributed by atoms with Crippen molar-refractivity contribution in [1.29, 1.82) is 0 Å². The van der Waals surface area contributed by atoms with Crippen LogP contribution in [0.3, 0.4) is 0 Å². The number of methoxy groups -OCH3 is 1. The van der Waals surface area contributed by atoms with E-state index in [2.05, 4.69) is 14.9 Å². The van der Waals surface area contributed by atoms with Crippen LogP contribution >= 0.6 is 11.6 Å². The van der Waals surface area contributed by atoms with Crippen LogP contribution in [0.15, 0.2) is 70.5 Å². The summed E-state index contributed by atoms with van der Waals surface area (Å²) in [5, 5.41) is 8.01. The molecule has 1 N–H and O–H groups in total. The van der Waals surface area contributed by atoms with Gasteiger partial charge in [0.25, 0.3) is 15.6 Å². The van der Waals surface area contributed by atoms with Crippen LogP contribution in [0.4, 0.5) is 19.0 Å². The van der Waals surface area contributed by atoms with Gasteiger partial charge >= 0.3 is 6.18 Å². The number of sulfonamides is 1. The molecule has 4 aromatic rings. The lowest BCUT2D eigenvalue weighted by Crippen LogP contribution is -2.34. The van der Waals surface area contributed by atoms with Gasteiger partial charge < -0.3 is 4.74 Å². The van der Waals surface area contributed by atoms with E-state index in [4.69, 9.17) is 16.3 Å². The van der Waals surface area contributed by atoms with E-state index in [1.165, 1.54) is 66.4 Å². The van der Waals surface area contributed by atoms with Gasteiger partial charge in [-0.15, -0.1) is 5.10 Å². The average molecular weight is 565 g/mol. The van der Waals surface area contributed by atoms with Gasteiger partial charge in [0, 0.05) is 22.7 Å². The number of anilines is 1. The third-order valence-electron chi connectivity index (χ3n) is 6.57. The van der Waals surface area contributed by atoms with E-state index >= 15 is 0 Å². The van der Waals surface area contributed by atoms with E-state index < -0.39 is 27.7 Å². The number of nitrogens with zero attached hydrogens (tertiary/aromatic N) is 3. The van der Waals surface area contributed by atoms with Gasteiger partial charge in [-0.25, -0.2) is 8.42 Å². The lowest BCUT2D eigenvalue weighted by molar-refractivity contribution is -0.197. The maximum absolute atomic E-state index is 13.0. The summed E-state index contributed by atoms with van der Waals surface area (Å²) >= 11 is 6.49. The molecule has 0 aliphatic heterocycles. The number of pyridine rings is 1. The molecule has 0 saturated heterocycles. The molecule has 0 atom stereocenters. The van der Waals surface area contributed by atoms with Crippen molar-refractivity contribution in [2.45, 2.75) is 29.8 Å². The molecule has 0 bridgehead atoms. The minimum atomic E-state index is -4.25. The normalized spacial score (nSPS) is 17.7. The Hall–Kier alpha value is -3.64. The summed E-state index contributed by atoms with van der Waals surface area (Å²) in [5.41, 5.74) is 0.730.